The molecule has 8 bridgehead atoms. The SMILES string of the molecule is CCCCCCc1ccc(-c2c3nc(c(-c4ccc(CCCCCC)s4)c4ccc([nH]4)c(-c4ccc(CCCCCC)s4)c4nc(c(-c5ccc(C(=O)OC)cc5)c5ccc2[nH]5)C=C4)C=C3)s1. The lowest BCUT2D eigenvalue weighted by atomic mass is 10.0. The number of hydrogen-bond donors (Lipinski definition) is 2. The molecule has 6 nitrogen and oxygen atoms in total. The van der Waals surface area contributed by atoms with Crippen LogP contribution in [0.1, 0.15) is 146 Å². The quantitative estimate of drug-likeness (QED) is 0.0589. The highest BCUT2D eigenvalue weighted by Gasteiger charge is 2.21. The zero-order chi connectivity index (χ0) is 46.1. The Morgan fingerprint density at radius 2 is 0.806 bits per heavy atom. The number of rotatable bonds is 20. The van der Waals surface area contributed by atoms with Crippen molar-refractivity contribution in [2.45, 2.75) is 117 Å². The number of benzene rings is 1. The number of hydrogen-bond acceptors (Lipinski definition) is 7. The molecule has 7 aromatic rings. The molecule has 9 heteroatoms. The van der Waals surface area contributed by atoms with E-state index in [-0.39, 0.29) is 5.97 Å². The van der Waals surface area contributed by atoms with Gasteiger partial charge in [-0.15, -0.1) is 34.0 Å². The van der Waals surface area contributed by atoms with Crippen LogP contribution in [0.25, 0.3) is 88.8 Å². The molecule has 0 saturated carbocycles. The molecule has 0 fully saturated rings. The number of carbonyl (C=O) groups is 1. The number of carbonyl (C=O) groups excluding carboxylic acids is 1. The molecule has 0 spiro atoms. The second-order valence-electron chi connectivity index (χ2n) is 17.8. The van der Waals surface area contributed by atoms with E-state index in [0.717, 1.165) is 91.9 Å². The number of fused-ring (bicyclic) bond motifs is 8. The molecule has 0 amide bonds. The molecule has 0 unspecified atom stereocenters. The van der Waals surface area contributed by atoms with Gasteiger partial charge in [-0.3, -0.25) is 0 Å². The summed E-state index contributed by atoms with van der Waals surface area (Å²) in [6.45, 7) is 6.81. The van der Waals surface area contributed by atoms with Crippen LogP contribution >= 0.6 is 34.0 Å². The summed E-state index contributed by atoms with van der Waals surface area (Å²) in [4.78, 5) is 39.4. The highest BCUT2D eigenvalue weighted by atomic mass is 32.1. The van der Waals surface area contributed by atoms with E-state index in [1.54, 1.807) is 0 Å². The van der Waals surface area contributed by atoms with Crippen molar-refractivity contribution in [3.8, 4) is 42.4 Å². The van der Waals surface area contributed by atoms with Gasteiger partial charge in [0.2, 0.25) is 0 Å². The zero-order valence-electron chi connectivity index (χ0n) is 39.4. The van der Waals surface area contributed by atoms with Gasteiger partial charge in [0.1, 0.15) is 0 Å². The molecule has 9 rings (SSSR count). The van der Waals surface area contributed by atoms with E-state index in [9.17, 15) is 4.79 Å². The summed E-state index contributed by atoms with van der Waals surface area (Å²) in [7, 11) is 1.42. The highest BCUT2D eigenvalue weighted by molar-refractivity contribution is 7.16. The largest absolute Gasteiger partial charge is 0.465 e. The smallest absolute Gasteiger partial charge is 0.337 e. The predicted octanol–water partition coefficient (Wildman–Crippen LogP) is 17.7. The molecule has 67 heavy (non-hydrogen) atoms. The fourth-order valence-electron chi connectivity index (χ4n) is 9.30. The van der Waals surface area contributed by atoms with E-state index in [0.29, 0.717) is 5.56 Å². The number of aromatic amines is 2. The van der Waals surface area contributed by atoms with Crippen molar-refractivity contribution in [2.24, 2.45) is 0 Å². The lowest BCUT2D eigenvalue weighted by Gasteiger charge is -2.06. The summed E-state index contributed by atoms with van der Waals surface area (Å²) in [6, 6.07) is 30.3. The van der Waals surface area contributed by atoms with Crippen LogP contribution in [0.4, 0.5) is 0 Å². The van der Waals surface area contributed by atoms with Crippen LogP contribution in [-0.2, 0) is 24.0 Å². The molecule has 344 valence electrons. The molecule has 2 aliphatic heterocycles. The van der Waals surface area contributed by atoms with Gasteiger partial charge in [-0.05, 0) is 141 Å². The van der Waals surface area contributed by atoms with Crippen LogP contribution in [-0.4, -0.2) is 33.0 Å². The molecule has 8 heterocycles. The zero-order valence-corrected chi connectivity index (χ0v) is 41.9. The summed E-state index contributed by atoms with van der Waals surface area (Å²) in [6.07, 6.45) is 26.8. The second-order valence-corrected chi connectivity index (χ2v) is 21.3. The molecule has 0 aliphatic carbocycles. The van der Waals surface area contributed by atoms with Gasteiger partial charge in [-0.2, -0.15) is 0 Å². The number of H-pyrrole nitrogens is 2. The van der Waals surface area contributed by atoms with Crippen LogP contribution in [0.3, 0.4) is 0 Å². The maximum atomic E-state index is 12.6. The first-order chi connectivity index (χ1) is 32.9. The summed E-state index contributed by atoms with van der Waals surface area (Å²) in [5.74, 6) is -0.362. The Bertz CT molecular complexity index is 3010. The van der Waals surface area contributed by atoms with Crippen molar-refractivity contribution < 1.29 is 9.53 Å². The Kier molecular flexibility index (Phi) is 15.3. The Balaban J connectivity index is 1.31. The van der Waals surface area contributed by atoms with Gasteiger partial charge in [0.05, 0.1) is 35.4 Å². The van der Waals surface area contributed by atoms with Crippen molar-refractivity contribution in [2.75, 3.05) is 7.11 Å². The second kappa shape index (κ2) is 22.0. The number of unbranched alkanes of at least 4 members (excludes halogenated alkanes) is 9. The Hall–Kier alpha value is -5.61. The van der Waals surface area contributed by atoms with E-state index in [2.05, 4.69) is 116 Å². The van der Waals surface area contributed by atoms with Gasteiger partial charge in [0.15, 0.2) is 0 Å². The highest BCUT2D eigenvalue weighted by Crippen LogP contribution is 2.42. The lowest BCUT2D eigenvalue weighted by molar-refractivity contribution is 0.0600. The predicted molar refractivity (Wildman–Crippen MR) is 289 cm³/mol. The van der Waals surface area contributed by atoms with Crippen LogP contribution < -0.4 is 0 Å². The average Bonchev–Trinajstić information content (AvgIpc) is 4.21. The number of esters is 1. The lowest BCUT2D eigenvalue weighted by Crippen LogP contribution is -2.00. The van der Waals surface area contributed by atoms with Gasteiger partial charge in [-0.1, -0.05) is 90.7 Å². The third-order valence-electron chi connectivity index (χ3n) is 12.9. The molecule has 1 aromatic carbocycles. The van der Waals surface area contributed by atoms with Gasteiger partial charge in [0, 0.05) is 73.6 Å². The molecule has 6 aromatic heterocycles. The van der Waals surface area contributed by atoms with Crippen LogP contribution in [0, 0.1) is 0 Å². The molecule has 2 aliphatic rings. The van der Waals surface area contributed by atoms with Gasteiger partial charge < -0.3 is 14.7 Å². The van der Waals surface area contributed by atoms with Gasteiger partial charge in [0.25, 0.3) is 0 Å². The maximum absolute atomic E-state index is 12.6. The molecule has 0 atom stereocenters. The summed E-state index contributed by atoms with van der Waals surface area (Å²) in [5, 5.41) is 0. The fraction of sp³-hybridized carbons (Fsp3) is 0.328. The monoisotopic (exact) mass is 942 g/mol. The first-order valence-corrected chi connectivity index (χ1v) is 27.0. The number of aromatic nitrogens is 4. The molecule has 0 radical (unpaired) electrons. The third kappa shape index (κ3) is 10.6. The molecule has 0 saturated heterocycles. The summed E-state index contributed by atoms with van der Waals surface area (Å²) >= 11 is 5.65. The first-order valence-electron chi connectivity index (χ1n) is 24.6. The number of aryl methyl sites for hydroxylation is 3. The Labute approximate surface area is 408 Å². The van der Waals surface area contributed by atoms with Crippen molar-refractivity contribution in [1.29, 1.82) is 0 Å². The van der Waals surface area contributed by atoms with E-state index in [4.69, 9.17) is 14.7 Å². The summed E-state index contributed by atoms with van der Waals surface area (Å²) in [5.41, 5.74) is 13.3. The van der Waals surface area contributed by atoms with Crippen molar-refractivity contribution in [1.82, 2.24) is 19.9 Å². The van der Waals surface area contributed by atoms with Crippen molar-refractivity contribution in [3.63, 3.8) is 0 Å². The van der Waals surface area contributed by atoms with E-state index in [1.165, 1.54) is 113 Å². The van der Waals surface area contributed by atoms with E-state index >= 15 is 0 Å². The summed E-state index contributed by atoms with van der Waals surface area (Å²) < 4.78 is 5.08. The number of methoxy groups -OCH3 is 1. The minimum Gasteiger partial charge on any atom is -0.465 e. The van der Waals surface area contributed by atoms with Crippen molar-refractivity contribution in [3.05, 3.63) is 128 Å². The molecular formula is C58H62N4O2S3. The van der Waals surface area contributed by atoms with Gasteiger partial charge >= 0.3 is 5.97 Å². The first kappa shape index (κ1) is 46.5. The Morgan fingerprint density at radius 1 is 0.448 bits per heavy atom. The molecule has 2 N–H and O–H groups in total. The number of ether oxygens (including phenoxy) is 1. The topological polar surface area (TPSA) is 83.7 Å². The Morgan fingerprint density at radius 3 is 1.16 bits per heavy atom. The normalized spacial score (nSPS) is 12.1. The minimum absolute atomic E-state index is 0.362. The number of nitrogens with one attached hydrogen (secondary N) is 2. The third-order valence-corrected chi connectivity index (χ3v) is 16.4. The number of thiophene rings is 3. The average molecular weight is 943 g/mol. The van der Waals surface area contributed by atoms with Gasteiger partial charge in [-0.25, -0.2) is 14.8 Å². The van der Waals surface area contributed by atoms with E-state index < -0.39 is 0 Å². The minimum atomic E-state index is -0.362. The number of nitrogens with zero attached hydrogens (tertiary/aromatic N) is 2. The molecular weight excluding hydrogens is 881 g/mol. The standard InChI is InChI=1S/C58H62N4O2S3/c1-5-8-11-14-17-40-24-35-51(65-40)55-45-29-27-43(59-45)54(38-20-22-39(23-21-38)58(63)64-4)44-28-30-46(60-44)56(52-36-25-41(66-52)18-15-12-9-6-2)48-32-34-50(62-48)57(49-33-31-47(55)61-49)53-37-26-42(67-53)19-16-13-10-7-3/h20-37,59,62H,5-19H2,1-4H3. The van der Waals surface area contributed by atoms with Crippen LogP contribution in [0.2, 0.25) is 0 Å². The fourth-order valence-corrected chi connectivity index (χ4v) is 12.6. The van der Waals surface area contributed by atoms with Crippen molar-refractivity contribution >= 4 is 86.4 Å². The maximum Gasteiger partial charge on any atom is 0.337 e. The van der Waals surface area contributed by atoms with E-state index in [1.807, 2.05) is 58.3 Å². The van der Waals surface area contributed by atoms with Crippen LogP contribution in [0.5, 0.6) is 0 Å². The van der Waals surface area contributed by atoms with Crippen LogP contribution in [0.15, 0.2) is 84.9 Å².